The molecule has 1 amide bonds. The van der Waals surface area contributed by atoms with Crippen LogP contribution in [0.2, 0.25) is 0 Å². The Morgan fingerprint density at radius 3 is 2.58 bits per heavy atom. The molecule has 1 atom stereocenters. The van der Waals surface area contributed by atoms with Crippen molar-refractivity contribution >= 4 is 35.8 Å². The van der Waals surface area contributed by atoms with Gasteiger partial charge in [0.05, 0.1) is 6.04 Å². The van der Waals surface area contributed by atoms with E-state index in [1.165, 1.54) is 18.0 Å². The molecule has 0 aliphatic rings. The molecule has 0 fully saturated rings. The third-order valence-electron chi connectivity index (χ3n) is 2.57. The molecule has 0 saturated carbocycles. The molecule has 1 rings (SSSR count). The fourth-order valence-corrected chi connectivity index (χ4v) is 1.93. The van der Waals surface area contributed by atoms with Gasteiger partial charge >= 0.3 is 0 Å². The van der Waals surface area contributed by atoms with Crippen LogP contribution in [-0.4, -0.2) is 31.0 Å². The fraction of sp³-hybridized carbons (Fsp3) is 0.417. The third kappa shape index (κ3) is 4.97. The maximum absolute atomic E-state index is 13.1. The number of hydrogen-bond donors (Lipinski definition) is 1. The molecule has 0 radical (unpaired) electrons. The quantitative estimate of drug-likeness (QED) is 0.908. The largest absolute Gasteiger partial charge is 0.320 e. The minimum Gasteiger partial charge on any atom is -0.320 e. The molecule has 0 bridgehead atoms. The highest BCUT2D eigenvalue weighted by atomic mass is 35.5. The fourth-order valence-electron chi connectivity index (χ4n) is 1.44. The second-order valence-corrected chi connectivity index (χ2v) is 4.87. The molecule has 7 heteroatoms. The summed E-state index contributed by atoms with van der Waals surface area (Å²) < 4.78 is 25.8. The molecule has 1 aromatic carbocycles. The summed E-state index contributed by atoms with van der Waals surface area (Å²) in [5.74, 6) is -1.45. The van der Waals surface area contributed by atoms with Gasteiger partial charge in [0.15, 0.2) is 11.6 Å². The number of benzene rings is 1. The molecule has 19 heavy (non-hydrogen) atoms. The number of hydrogen-bond acceptors (Lipinski definition) is 3. The topological polar surface area (TPSA) is 46.3 Å². The van der Waals surface area contributed by atoms with Crippen molar-refractivity contribution in [2.24, 2.45) is 5.73 Å². The average molecular weight is 311 g/mol. The Kier molecular flexibility index (Phi) is 7.97. The number of nitrogens with two attached hydrogens (primary N) is 1. The predicted molar refractivity (Wildman–Crippen MR) is 78.0 cm³/mol. The Morgan fingerprint density at radius 1 is 1.42 bits per heavy atom. The second-order valence-electron chi connectivity index (χ2n) is 3.88. The molecular formula is C12H17ClF2N2OS. The Labute approximate surface area is 121 Å². The monoisotopic (exact) mass is 310 g/mol. The van der Waals surface area contributed by atoms with E-state index >= 15 is 0 Å². The van der Waals surface area contributed by atoms with Gasteiger partial charge in [-0.2, -0.15) is 11.8 Å². The maximum atomic E-state index is 13.1. The summed E-state index contributed by atoms with van der Waals surface area (Å²) in [6.45, 7) is 0. The van der Waals surface area contributed by atoms with E-state index in [0.717, 1.165) is 17.9 Å². The zero-order chi connectivity index (χ0) is 13.7. The van der Waals surface area contributed by atoms with Crippen LogP contribution < -0.4 is 10.6 Å². The van der Waals surface area contributed by atoms with Crippen LogP contribution in [0.3, 0.4) is 0 Å². The van der Waals surface area contributed by atoms with E-state index in [-0.39, 0.29) is 18.3 Å². The van der Waals surface area contributed by atoms with E-state index in [1.54, 1.807) is 11.8 Å². The summed E-state index contributed by atoms with van der Waals surface area (Å²) in [7, 11) is 1.49. The SMILES string of the molecule is CSCCC(N)C(=O)N(C)c1ccc(F)c(F)c1.Cl. The lowest BCUT2D eigenvalue weighted by Crippen LogP contribution is -2.42. The van der Waals surface area contributed by atoms with Crippen LogP contribution in [0.4, 0.5) is 14.5 Å². The van der Waals surface area contributed by atoms with Gasteiger partial charge in [-0.3, -0.25) is 4.79 Å². The molecule has 1 unspecified atom stereocenters. The van der Waals surface area contributed by atoms with Gasteiger partial charge in [0.1, 0.15) is 0 Å². The first-order valence-corrected chi connectivity index (χ1v) is 6.84. The van der Waals surface area contributed by atoms with Crippen molar-refractivity contribution in [1.82, 2.24) is 0 Å². The van der Waals surface area contributed by atoms with E-state index in [0.29, 0.717) is 12.1 Å². The van der Waals surface area contributed by atoms with Crippen LogP contribution in [0.1, 0.15) is 6.42 Å². The number of thioether (sulfide) groups is 1. The van der Waals surface area contributed by atoms with E-state index in [4.69, 9.17) is 5.73 Å². The van der Waals surface area contributed by atoms with Crippen molar-refractivity contribution in [2.75, 3.05) is 24.0 Å². The molecule has 0 aliphatic carbocycles. The molecule has 3 nitrogen and oxygen atoms in total. The molecule has 108 valence electrons. The number of carbonyl (C=O) groups is 1. The summed E-state index contributed by atoms with van der Waals surface area (Å²) in [5, 5.41) is 0. The van der Waals surface area contributed by atoms with E-state index in [2.05, 4.69) is 0 Å². The number of likely N-dealkylation sites (N-methyl/N-ethyl adjacent to an activating group) is 1. The normalized spacial score (nSPS) is 11.6. The number of rotatable bonds is 5. The first kappa shape index (κ1) is 18.1. The maximum Gasteiger partial charge on any atom is 0.243 e. The Morgan fingerprint density at radius 2 is 2.05 bits per heavy atom. The summed E-state index contributed by atoms with van der Waals surface area (Å²) >= 11 is 1.60. The predicted octanol–water partition coefficient (Wildman–Crippen LogP) is 2.43. The highest BCUT2D eigenvalue weighted by Gasteiger charge is 2.19. The molecule has 2 N–H and O–H groups in total. The van der Waals surface area contributed by atoms with Gasteiger partial charge in [-0.05, 0) is 30.6 Å². The summed E-state index contributed by atoms with van der Waals surface area (Å²) in [4.78, 5) is 13.2. The second kappa shape index (κ2) is 8.35. The van der Waals surface area contributed by atoms with Gasteiger partial charge in [0.25, 0.3) is 0 Å². The van der Waals surface area contributed by atoms with Crippen molar-refractivity contribution in [3.63, 3.8) is 0 Å². The van der Waals surface area contributed by atoms with E-state index < -0.39 is 17.7 Å². The lowest BCUT2D eigenvalue weighted by atomic mass is 10.2. The first-order chi connectivity index (χ1) is 8.47. The van der Waals surface area contributed by atoms with Crippen LogP contribution >= 0.6 is 24.2 Å². The van der Waals surface area contributed by atoms with Crippen LogP contribution in [0.15, 0.2) is 18.2 Å². The lowest BCUT2D eigenvalue weighted by Gasteiger charge is -2.21. The number of nitrogens with zero attached hydrogens (tertiary/aromatic N) is 1. The average Bonchev–Trinajstić information content (AvgIpc) is 2.37. The van der Waals surface area contributed by atoms with Gasteiger partial charge in [-0.15, -0.1) is 12.4 Å². The zero-order valence-electron chi connectivity index (χ0n) is 10.7. The van der Waals surface area contributed by atoms with E-state index in [9.17, 15) is 13.6 Å². The molecule has 0 spiro atoms. The number of anilines is 1. The Balaban J connectivity index is 0.00000324. The zero-order valence-corrected chi connectivity index (χ0v) is 12.4. The van der Waals surface area contributed by atoms with Gasteiger partial charge in [-0.25, -0.2) is 8.78 Å². The van der Waals surface area contributed by atoms with Crippen molar-refractivity contribution in [2.45, 2.75) is 12.5 Å². The lowest BCUT2D eigenvalue weighted by molar-refractivity contribution is -0.119. The highest BCUT2D eigenvalue weighted by Crippen LogP contribution is 2.17. The number of halogens is 3. The number of amides is 1. The minimum atomic E-state index is -0.982. The summed E-state index contributed by atoms with van der Waals surface area (Å²) in [5.41, 5.74) is 6.03. The molecule has 0 aromatic heterocycles. The van der Waals surface area contributed by atoms with Crippen molar-refractivity contribution in [3.8, 4) is 0 Å². The van der Waals surface area contributed by atoms with Gasteiger partial charge in [-0.1, -0.05) is 0 Å². The van der Waals surface area contributed by atoms with E-state index in [1.807, 2.05) is 6.26 Å². The molecule has 0 heterocycles. The molecule has 0 aliphatic heterocycles. The minimum absolute atomic E-state index is 0. The van der Waals surface area contributed by atoms with Gasteiger partial charge in [0, 0.05) is 18.8 Å². The molecule has 0 saturated heterocycles. The van der Waals surface area contributed by atoms with Crippen LogP contribution in [0, 0.1) is 11.6 Å². The summed E-state index contributed by atoms with van der Waals surface area (Å²) in [6, 6.07) is 2.68. The van der Waals surface area contributed by atoms with Gasteiger partial charge in [0.2, 0.25) is 5.91 Å². The van der Waals surface area contributed by atoms with Gasteiger partial charge < -0.3 is 10.6 Å². The summed E-state index contributed by atoms with van der Waals surface area (Å²) in [6.07, 6.45) is 2.48. The Bertz CT molecular complexity index is 434. The van der Waals surface area contributed by atoms with Crippen molar-refractivity contribution < 1.29 is 13.6 Å². The molecular weight excluding hydrogens is 294 g/mol. The van der Waals surface area contributed by atoms with Crippen molar-refractivity contribution in [1.29, 1.82) is 0 Å². The van der Waals surface area contributed by atoms with Crippen LogP contribution in [0.25, 0.3) is 0 Å². The smallest absolute Gasteiger partial charge is 0.243 e. The van der Waals surface area contributed by atoms with Crippen LogP contribution in [-0.2, 0) is 4.79 Å². The molecule has 1 aromatic rings. The highest BCUT2D eigenvalue weighted by molar-refractivity contribution is 7.98. The van der Waals surface area contributed by atoms with Crippen LogP contribution in [0.5, 0.6) is 0 Å². The number of carbonyl (C=O) groups excluding carboxylic acids is 1. The van der Waals surface area contributed by atoms with Crippen molar-refractivity contribution in [3.05, 3.63) is 29.8 Å². The third-order valence-corrected chi connectivity index (χ3v) is 3.22. The standard InChI is InChI=1S/C12H16F2N2OS.ClH/c1-16(12(17)11(15)5-6-18-2)8-3-4-9(13)10(14)7-8;/h3-4,7,11H,5-6,15H2,1-2H3;1H. The Hall–Kier alpha value is -0.850. The first-order valence-electron chi connectivity index (χ1n) is 5.44.